The normalized spacial score (nSPS) is 18.9. The van der Waals surface area contributed by atoms with Gasteiger partial charge in [-0.2, -0.15) is 5.10 Å². The van der Waals surface area contributed by atoms with Crippen LogP contribution in [0.2, 0.25) is 0 Å². The monoisotopic (exact) mass is 407 g/mol. The van der Waals surface area contributed by atoms with Crippen molar-refractivity contribution in [3.63, 3.8) is 0 Å². The molecule has 1 aliphatic rings. The summed E-state index contributed by atoms with van der Waals surface area (Å²) in [5, 5.41) is 14.7. The lowest BCUT2D eigenvalue weighted by Crippen LogP contribution is -2.32. The van der Waals surface area contributed by atoms with Crippen molar-refractivity contribution in [3.8, 4) is 22.5 Å². The standard InChI is InChI=1S/C21H18FN5O3/c1-26-8-13(7-24-26)19-20-15(6-16(25-19)12-2-4-14(22)5-3-12)21(29)27(11-23-20)17-9-30-10-18(17)28/h2-8,11,17-18,28H,9-10H2,1H3/t17-,18-/m0/s1. The summed E-state index contributed by atoms with van der Waals surface area (Å²) in [4.78, 5) is 22.5. The number of aliphatic hydroxyl groups is 1. The number of halogens is 1. The van der Waals surface area contributed by atoms with Gasteiger partial charge in [-0.25, -0.2) is 14.4 Å². The number of hydrogen-bond acceptors (Lipinski definition) is 6. The lowest BCUT2D eigenvalue weighted by atomic mass is 10.1. The van der Waals surface area contributed by atoms with E-state index in [1.807, 2.05) is 0 Å². The third-order valence-corrected chi connectivity index (χ3v) is 5.27. The second kappa shape index (κ2) is 7.12. The molecule has 9 heteroatoms. The Kier molecular flexibility index (Phi) is 4.41. The Morgan fingerprint density at radius 1 is 1.20 bits per heavy atom. The minimum Gasteiger partial charge on any atom is -0.388 e. The Bertz CT molecular complexity index is 1300. The number of aryl methyl sites for hydroxylation is 1. The van der Waals surface area contributed by atoms with E-state index in [2.05, 4.69) is 10.1 Å². The van der Waals surface area contributed by atoms with Crippen molar-refractivity contribution in [3.05, 3.63) is 65.2 Å². The number of hydrogen-bond donors (Lipinski definition) is 1. The molecule has 0 aliphatic carbocycles. The second-order valence-corrected chi connectivity index (χ2v) is 7.29. The lowest BCUT2D eigenvalue weighted by molar-refractivity contribution is 0.119. The van der Waals surface area contributed by atoms with Crippen LogP contribution in [-0.4, -0.2) is 48.7 Å². The number of rotatable bonds is 3. The third kappa shape index (κ3) is 3.08. The number of benzene rings is 1. The quantitative estimate of drug-likeness (QED) is 0.558. The molecule has 5 rings (SSSR count). The van der Waals surface area contributed by atoms with E-state index in [0.717, 1.165) is 0 Å². The van der Waals surface area contributed by atoms with Gasteiger partial charge in [0.1, 0.15) is 23.1 Å². The summed E-state index contributed by atoms with van der Waals surface area (Å²) < 4.78 is 21.7. The summed E-state index contributed by atoms with van der Waals surface area (Å²) in [6.07, 6.45) is 4.08. The van der Waals surface area contributed by atoms with Gasteiger partial charge in [0, 0.05) is 24.4 Å². The van der Waals surface area contributed by atoms with Crippen LogP contribution in [-0.2, 0) is 11.8 Å². The van der Waals surface area contributed by atoms with Crippen molar-refractivity contribution in [1.29, 1.82) is 0 Å². The molecule has 0 bridgehead atoms. The molecule has 152 valence electrons. The van der Waals surface area contributed by atoms with Gasteiger partial charge >= 0.3 is 0 Å². The first-order valence-electron chi connectivity index (χ1n) is 9.44. The van der Waals surface area contributed by atoms with E-state index in [-0.39, 0.29) is 24.6 Å². The van der Waals surface area contributed by atoms with Crippen LogP contribution in [0.15, 0.2) is 53.8 Å². The molecule has 2 atom stereocenters. The zero-order chi connectivity index (χ0) is 20.8. The number of aromatic nitrogens is 5. The summed E-state index contributed by atoms with van der Waals surface area (Å²) >= 11 is 0. The maximum absolute atomic E-state index is 13.4. The zero-order valence-electron chi connectivity index (χ0n) is 16.1. The molecular weight excluding hydrogens is 389 g/mol. The first-order valence-corrected chi connectivity index (χ1v) is 9.44. The molecule has 1 aliphatic heterocycles. The van der Waals surface area contributed by atoms with Crippen LogP contribution >= 0.6 is 0 Å². The van der Waals surface area contributed by atoms with Gasteiger partial charge in [0.05, 0.1) is 42.9 Å². The van der Waals surface area contributed by atoms with Gasteiger partial charge in [-0.1, -0.05) is 0 Å². The van der Waals surface area contributed by atoms with E-state index in [9.17, 15) is 14.3 Å². The van der Waals surface area contributed by atoms with Gasteiger partial charge in [0.25, 0.3) is 5.56 Å². The molecule has 0 radical (unpaired) electrons. The highest BCUT2D eigenvalue weighted by atomic mass is 19.1. The highest BCUT2D eigenvalue weighted by Crippen LogP contribution is 2.29. The van der Waals surface area contributed by atoms with Crippen LogP contribution in [0.5, 0.6) is 0 Å². The lowest BCUT2D eigenvalue weighted by Gasteiger charge is -2.16. The summed E-state index contributed by atoms with van der Waals surface area (Å²) in [6.45, 7) is 0.410. The fraction of sp³-hybridized carbons (Fsp3) is 0.238. The first kappa shape index (κ1) is 18.6. The van der Waals surface area contributed by atoms with Crippen LogP contribution in [0.25, 0.3) is 33.4 Å². The van der Waals surface area contributed by atoms with Gasteiger partial charge in [0.2, 0.25) is 0 Å². The summed E-state index contributed by atoms with van der Waals surface area (Å²) in [7, 11) is 1.79. The number of fused-ring (bicyclic) bond motifs is 1. The predicted octanol–water partition coefficient (Wildman–Crippen LogP) is 1.93. The highest BCUT2D eigenvalue weighted by molar-refractivity contribution is 5.93. The van der Waals surface area contributed by atoms with Gasteiger partial charge in [-0.15, -0.1) is 0 Å². The smallest absolute Gasteiger partial charge is 0.261 e. The second-order valence-electron chi connectivity index (χ2n) is 7.29. The molecule has 1 saturated heterocycles. The molecule has 0 amide bonds. The average Bonchev–Trinajstić information content (AvgIpc) is 3.36. The molecular formula is C21H18FN5O3. The van der Waals surface area contributed by atoms with Crippen LogP contribution in [0.4, 0.5) is 4.39 Å². The van der Waals surface area contributed by atoms with Gasteiger partial charge in [0.15, 0.2) is 0 Å². The number of pyridine rings is 1. The maximum Gasteiger partial charge on any atom is 0.261 e. The molecule has 1 N–H and O–H groups in total. The minimum atomic E-state index is -0.779. The molecule has 0 saturated carbocycles. The van der Waals surface area contributed by atoms with Crippen LogP contribution in [0.3, 0.4) is 0 Å². The topological polar surface area (TPSA) is 95.1 Å². The SMILES string of the molecule is Cn1cc(-c2nc(-c3ccc(F)cc3)cc3c(=O)n([C@H]4COC[C@@H]4O)cnc23)cn1. The fourth-order valence-electron chi connectivity index (χ4n) is 3.69. The Labute approximate surface area is 170 Å². The Balaban J connectivity index is 1.78. The fourth-order valence-corrected chi connectivity index (χ4v) is 3.69. The van der Waals surface area contributed by atoms with E-state index in [1.54, 1.807) is 42.3 Å². The van der Waals surface area contributed by atoms with E-state index in [1.165, 1.54) is 23.0 Å². The molecule has 1 fully saturated rings. The number of aliphatic hydroxyl groups excluding tert-OH is 1. The van der Waals surface area contributed by atoms with Crippen LogP contribution in [0, 0.1) is 5.82 Å². The van der Waals surface area contributed by atoms with Crippen molar-refractivity contribution in [2.24, 2.45) is 7.05 Å². The Morgan fingerprint density at radius 3 is 2.67 bits per heavy atom. The van der Waals surface area contributed by atoms with Gasteiger partial charge in [-0.05, 0) is 30.3 Å². The van der Waals surface area contributed by atoms with E-state index < -0.39 is 12.1 Å². The molecule has 30 heavy (non-hydrogen) atoms. The van der Waals surface area contributed by atoms with E-state index >= 15 is 0 Å². The Morgan fingerprint density at radius 2 is 2.00 bits per heavy atom. The number of ether oxygens (including phenoxy) is 1. The van der Waals surface area contributed by atoms with Crippen molar-refractivity contribution in [2.75, 3.05) is 13.2 Å². The molecule has 0 unspecified atom stereocenters. The van der Waals surface area contributed by atoms with Crippen LogP contribution in [0.1, 0.15) is 6.04 Å². The first-order chi connectivity index (χ1) is 14.5. The third-order valence-electron chi connectivity index (χ3n) is 5.27. The average molecular weight is 407 g/mol. The van der Waals surface area contributed by atoms with Gasteiger partial charge in [-0.3, -0.25) is 14.0 Å². The maximum atomic E-state index is 13.4. The summed E-state index contributed by atoms with van der Waals surface area (Å²) in [5.74, 6) is -0.355. The van der Waals surface area contributed by atoms with Crippen LogP contribution < -0.4 is 5.56 Å². The molecule has 3 aromatic heterocycles. The highest BCUT2D eigenvalue weighted by Gasteiger charge is 2.29. The van der Waals surface area contributed by atoms with Crippen molar-refractivity contribution >= 4 is 10.9 Å². The molecule has 0 spiro atoms. The van der Waals surface area contributed by atoms with Crippen molar-refractivity contribution in [2.45, 2.75) is 12.1 Å². The van der Waals surface area contributed by atoms with E-state index in [4.69, 9.17) is 9.72 Å². The summed E-state index contributed by atoms with van der Waals surface area (Å²) in [6, 6.07) is 7.06. The Hall–Kier alpha value is -3.43. The zero-order valence-corrected chi connectivity index (χ0v) is 16.1. The molecule has 8 nitrogen and oxygen atoms in total. The van der Waals surface area contributed by atoms with Gasteiger partial charge < -0.3 is 9.84 Å². The molecule has 1 aromatic carbocycles. The van der Waals surface area contributed by atoms with Crippen molar-refractivity contribution in [1.82, 2.24) is 24.3 Å². The largest absolute Gasteiger partial charge is 0.388 e. The summed E-state index contributed by atoms with van der Waals surface area (Å²) in [5.41, 5.74) is 2.53. The molecule has 4 heterocycles. The minimum absolute atomic E-state index is 0.174. The molecule has 4 aromatic rings. The van der Waals surface area contributed by atoms with Crippen molar-refractivity contribution < 1.29 is 14.2 Å². The number of nitrogens with zero attached hydrogens (tertiary/aromatic N) is 5. The van der Waals surface area contributed by atoms with E-state index in [0.29, 0.717) is 33.4 Å². The predicted molar refractivity (Wildman–Crippen MR) is 107 cm³/mol.